The van der Waals surface area contributed by atoms with Gasteiger partial charge in [0.05, 0.1) is 5.56 Å². The molecule has 30 heavy (non-hydrogen) atoms. The van der Waals surface area contributed by atoms with Crippen molar-refractivity contribution < 1.29 is 27.5 Å². The molecule has 0 heterocycles. The van der Waals surface area contributed by atoms with Crippen LogP contribution in [0.4, 0.5) is 18.0 Å². The van der Waals surface area contributed by atoms with Gasteiger partial charge in [-0.05, 0) is 56.8 Å². The van der Waals surface area contributed by atoms with Crippen LogP contribution < -0.4 is 10.6 Å². The predicted octanol–water partition coefficient (Wildman–Crippen LogP) is 4.70. The SMILES string of the molecule is CC(C)(C)OC(=O)NCCCC[C@H](N=[N+]=[N-])C(=O)NCc1ccc(C(F)(F)F)cc1. The minimum atomic E-state index is -4.42. The van der Waals surface area contributed by atoms with Gasteiger partial charge in [-0.15, -0.1) is 0 Å². The van der Waals surface area contributed by atoms with Crippen LogP contribution in [0.1, 0.15) is 51.2 Å². The van der Waals surface area contributed by atoms with E-state index < -0.39 is 35.4 Å². The molecule has 0 radical (unpaired) electrons. The number of rotatable bonds is 9. The third-order valence-electron chi connectivity index (χ3n) is 3.81. The second-order valence-electron chi connectivity index (χ2n) is 7.56. The standard InChI is InChI=1S/C19H26F3N5O3/c1-18(2,3)30-17(29)24-11-5-4-6-15(26-27-23)16(28)25-12-13-7-9-14(10-8-13)19(20,21)22/h7-10,15H,4-6,11-12H2,1-3H3,(H,24,29)(H,25,28)/t15-/m0/s1. The minimum absolute atomic E-state index is 0.00855. The minimum Gasteiger partial charge on any atom is -0.444 e. The van der Waals surface area contributed by atoms with Gasteiger partial charge < -0.3 is 15.4 Å². The van der Waals surface area contributed by atoms with E-state index in [1.165, 1.54) is 12.1 Å². The van der Waals surface area contributed by atoms with E-state index in [2.05, 4.69) is 20.7 Å². The number of azide groups is 1. The number of hydrogen-bond donors (Lipinski definition) is 2. The molecule has 1 aromatic carbocycles. The molecule has 8 nitrogen and oxygen atoms in total. The first-order valence-corrected chi connectivity index (χ1v) is 9.37. The quantitative estimate of drug-likeness (QED) is 0.257. The molecule has 0 saturated heterocycles. The Balaban J connectivity index is 2.42. The molecule has 11 heteroatoms. The van der Waals surface area contributed by atoms with E-state index in [0.717, 1.165) is 12.1 Å². The fraction of sp³-hybridized carbons (Fsp3) is 0.579. The lowest BCUT2D eigenvalue weighted by Crippen LogP contribution is -2.34. The fourth-order valence-corrected chi connectivity index (χ4v) is 2.39. The number of nitrogens with one attached hydrogen (secondary N) is 2. The maximum atomic E-state index is 12.6. The topological polar surface area (TPSA) is 116 Å². The van der Waals surface area contributed by atoms with E-state index in [4.69, 9.17) is 10.3 Å². The molecule has 0 aliphatic rings. The maximum absolute atomic E-state index is 12.6. The molecule has 166 valence electrons. The molecule has 0 bridgehead atoms. The van der Waals surface area contributed by atoms with Crippen LogP contribution in [0, 0.1) is 0 Å². The van der Waals surface area contributed by atoms with Crippen molar-refractivity contribution >= 4 is 12.0 Å². The highest BCUT2D eigenvalue weighted by Crippen LogP contribution is 2.29. The van der Waals surface area contributed by atoms with E-state index in [0.29, 0.717) is 24.9 Å². The van der Waals surface area contributed by atoms with Gasteiger partial charge in [0.15, 0.2) is 0 Å². The molecule has 1 atom stereocenters. The highest BCUT2D eigenvalue weighted by Gasteiger charge is 2.29. The molecule has 1 aromatic rings. The summed E-state index contributed by atoms with van der Waals surface area (Å²) in [5, 5.41) is 8.61. The predicted molar refractivity (Wildman–Crippen MR) is 104 cm³/mol. The smallest absolute Gasteiger partial charge is 0.416 e. The van der Waals surface area contributed by atoms with Crippen LogP contribution in [-0.4, -0.2) is 30.2 Å². The van der Waals surface area contributed by atoms with E-state index in [-0.39, 0.29) is 13.0 Å². The van der Waals surface area contributed by atoms with Crippen LogP contribution in [0.15, 0.2) is 29.4 Å². The van der Waals surface area contributed by atoms with Gasteiger partial charge in [-0.25, -0.2) is 4.79 Å². The van der Waals surface area contributed by atoms with Crippen molar-refractivity contribution in [1.82, 2.24) is 10.6 Å². The van der Waals surface area contributed by atoms with Crippen molar-refractivity contribution in [3.8, 4) is 0 Å². The molecule has 0 aliphatic heterocycles. The summed E-state index contributed by atoms with van der Waals surface area (Å²) in [5.41, 5.74) is 7.77. The molecular weight excluding hydrogens is 403 g/mol. The van der Waals surface area contributed by atoms with Crippen molar-refractivity contribution in [1.29, 1.82) is 0 Å². The van der Waals surface area contributed by atoms with Gasteiger partial charge in [-0.2, -0.15) is 13.2 Å². The van der Waals surface area contributed by atoms with Crippen LogP contribution in [0.25, 0.3) is 10.4 Å². The van der Waals surface area contributed by atoms with E-state index in [9.17, 15) is 22.8 Å². The number of carbonyl (C=O) groups excluding carboxylic acids is 2. The van der Waals surface area contributed by atoms with E-state index in [1.807, 2.05) is 0 Å². The summed E-state index contributed by atoms with van der Waals surface area (Å²) in [4.78, 5) is 26.4. The normalized spacial score (nSPS) is 12.5. The number of nitrogens with zero attached hydrogens (tertiary/aromatic N) is 3. The molecule has 0 spiro atoms. The highest BCUT2D eigenvalue weighted by atomic mass is 19.4. The molecule has 0 unspecified atom stereocenters. The maximum Gasteiger partial charge on any atom is 0.416 e. The average molecular weight is 429 g/mol. The number of amides is 2. The molecule has 0 aromatic heterocycles. The van der Waals surface area contributed by atoms with Crippen LogP contribution in [-0.2, 0) is 22.3 Å². The number of ether oxygens (including phenoxy) is 1. The zero-order valence-electron chi connectivity index (χ0n) is 17.1. The van der Waals surface area contributed by atoms with Crippen molar-refractivity contribution in [2.45, 2.75) is 64.4 Å². The second kappa shape index (κ2) is 11.3. The number of hydrogen-bond acceptors (Lipinski definition) is 4. The summed E-state index contributed by atoms with van der Waals surface area (Å²) in [6, 6.07) is 3.46. The van der Waals surface area contributed by atoms with Crippen molar-refractivity contribution in [2.24, 2.45) is 5.11 Å². The number of alkyl carbamates (subject to hydrolysis) is 1. The Labute approximate surface area is 172 Å². The number of halogens is 3. The Hall–Kier alpha value is -2.94. The lowest BCUT2D eigenvalue weighted by molar-refractivity contribution is -0.137. The molecule has 0 aliphatic carbocycles. The van der Waals surface area contributed by atoms with Crippen molar-refractivity contribution in [2.75, 3.05) is 6.54 Å². The number of carbonyl (C=O) groups is 2. The summed E-state index contributed by atoms with van der Waals surface area (Å²) in [7, 11) is 0. The first-order chi connectivity index (χ1) is 13.9. The molecule has 0 fully saturated rings. The summed E-state index contributed by atoms with van der Waals surface area (Å²) in [6.45, 7) is 5.60. The zero-order chi connectivity index (χ0) is 22.8. The van der Waals surface area contributed by atoms with Crippen molar-refractivity contribution in [3.63, 3.8) is 0 Å². The van der Waals surface area contributed by atoms with Gasteiger partial charge in [0, 0.05) is 18.0 Å². The van der Waals surface area contributed by atoms with Gasteiger partial charge in [-0.1, -0.05) is 23.7 Å². The van der Waals surface area contributed by atoms with Crippen LogP contribution in [0.2, 0.25) is 0 Å². The second-order valence-corrected chi connectivity index (χ2v) is 7.56. The Bertz CT molecular complexity index is 754. The zero-order valence-corrected chi connectivity index (χ0v) is 17.1. The summed E-state index contributed by atoms with van der Waals surface area (Å²) < 4.78 is 42.8. The largest absolute Gasteiger partial charge is 0.444 e. The van der Waals surface area contributed by atoms with Crippen molar-refractivity contribution in [3.05, 3.63) is 45.8 Å². The Morgan fingerprint density at radius 1 is 1.13 bits per heavy atom. The Kier molecular flexibility index (Phi) is 9.45. The van der Waals surface area contributed by atoms with Gasteiger partial charge >= 0.3 is 12.3 Å². The first kappa shape index (κ1) is 25.1. The molecule has 2 amide bonds. The summed E-state index contributed by atoms with van der Waals surface area (Å²) in [5.74, 6) is -0.521. The monoisotopic (exact) mass is 429 g/mol. The number of benzene rings is 1. The third-order valence-corrected chi connectivity index (χ3v) is 3.81. The van der Waals surface area contributed by atoms with Crippen LogP contribution >= 0.6 is 0 Å². The van der Waals surface area contributed by atoms with Crippen LogP contribution in [0.3, 0.4) is 0 Å². The molecule has 2 N–H and O–H groups in total. The molecule has 1 rings (SSSR count). The number of unbranched alkanes of at least 4 members (excludes halogenated alkanes) is 1. The van der Waals surface area contributed by atoms with Gasteiger partial charge in [0.25, 0.3) is 0 Å². The average Bonchev–Trinajstić information content (AvgIpc) is 2.63. The van der Waals surface area contributed by atoms with E-state index in [1.54, 1.807) is 20.8 Å². The third kappa shape index (κ3) is 10.0. The van der Waals surface area contributed by atoms with Gasteiger partial charge in [0.1, 0.15) is 11.6 Å². The Morgan fingerprint density at radius 2 is 1.77 bits per heavy atom. The summed E-state index contributed by atoms with van der Waals surface area (Å²) >= 11 is 0. The van der Waals surface area contributed by atoms with E-state index >= 15 is 0 Å². The molecular formula is C19H26F3N5O3. The summed E-state index contributed by atoms with van der Waals surface area (Å²) in [6.07, 6.45) is -3.65. The van der Waals surface area contributed by atoms with Gasteiger partial charge in [-0.3, -0.25) is 4.79 Å². The Morgan fingerprint density at radius 3 is 2.30 bits per heavy atom. The number of alkyl halides is 3. The van der Waals surface area contributed by atoms with Gasteiger partial charge in [0.2, 0.25) is 5.91 Å². The lowest BCUT2D eigenvalue weighted by Gasteiger charge is -2.19. The molecule has 0 saturated carbocycles. The van der Waals surface area contributed by atoms with Crippen LogP contribution in [0.5, 0.6) is 0 Å². The fourth-order valence-electron chi connectivity index (χ4n) is 2.39. The first-order valence-electron chi connectivity index (χ1n) is 9.37. The highest BCUT2D eigenvalue weighted by molar-refractivity contribution is 5.81. The lowest BCUT2D eigenvalue weighted by atomic mass is 10.1.